The summed E-state index contributed by atoms with van der Waals surface area (Å²) in [4.78, 5) is 11.4. The second-order valence-corrected chi connectivity index (χ2v) is 7.83. The summed E-state index contributed by atoms with van der Waals surface area (Å²) in [5.74, 6) is -0.707. The summed E-state index contributed by atoms with van der Waals surface area (Å²) in [6, 6.07) is 1.70. The van der Waals surface area contributed by atoms with E-state index in [1.165, 1.54) is 22.8 Å². The molecule has 0 spiro atoms. The fraction of sp³-hybridized carbons (Fsp3) is 0.500. The number of rotatable bonds is 3. The lowest BCUT2D eigenvalue weighted by atomic mass is 10.1. The summed E-state index contributed by atoms with van der Waals surface area (Å²) in [7, 11) is -2.19. The van der Waals surface area contributed by atoms with Gasteiger partial charge in [-0.1, -0.05) is 0 Å². The van der Waals surface area contributed by atoms with Crippen molar-refractivity contribution in [3.8, 4) is 0 Å². The molecule has 100 valence electrons. The molecule has 0 bridgehead atoms. The van der Waals surface area contributed by atoms with Crippen LogP contribution in [0, 0.1) is 5.92 Å². The molecule has 1 fully saturated rings. The minimum atomic E-state index is -3.50. The number of hydrogen-bond acceptors (Lipinski definition) is 5. The Kier molecular flexibility index (Phi) is 4.10. The van der Waals surface area contributed by atoms with Crippen molar-refractivity contribution in [2.75, 3.05) is 20.2 Å². The molecule has 0 radical (unpaired) electrons. The SMILES string of the molecule is COC(=O)C1CCN(S(=O)(=O)c2sccc2Br)C1. The molecule has 8 heteroatoms. The molecule has 2 rings (SSSR count). The molecule has 0 aliphatic carbocycles. The Bertz CT molecular complexity index is 554. The van der Waals surface area contributed by atoms with Gasteiger partial charge in [0.1, 0.15) is 4.21 Å². The van der Waals surface area contributed by atoms with Crippen LogP contribution in [0.5, 0.6) is 0 Å². The normalized spacial score (nSPS) is 21.1. The van der Waals surface area contributed by atoms with Crippen molar-refractivity contribution >= 4 is 43.3 Å². The molecule has 1 aromatic heterocycles. The third-order valence-corrected chi connectivity index (χ3v) is 7.36. The first-order valence-electron chi connectivity index (χ1n) is 5.27. The van der Waals surface area contributed by atoms with Gasteiger partial charge in [0, 0.05) is 17.6 Å². The van der Waals surface area contributed by atoms with Gasteiger partial charge in [-0.15, -0.1) is 11.3 Å². The summed E-state index contributed by atoms with van der Waals surface area (Å²) >= 11 is 4.39. The van der Waals surface area contributed by atoms with E-state index in [9.17, 15) is 13.2 Å². The number of halogens is 1. The molecule has 0 amide bonds. The minimum Gasteiger partial charge on any atom is -0.469 e. The van der Waals surface area contributed by atoms with Crippen LogP contribution in [0.4, 0.5) is 0 Å². The van der Waals surface area contributed by atoms with Crippen molar-refractivity contribution in [1.29, 1.82) is 0 Å². The van der Waals surface area contributed by atoms with Crippen molar-refractivity contribution in [2.24, 2.45) is 5.92 Å². The van der Waals surface area contributed by atoms with E-state index in [-0.39, 0.29) is 22.6 Å². The van der Waals surface area contributed by atoms with Crippen LogP contribution in [0.3, 0.4) is 0 Å². The van der Waals surface area contributed by atoms with Crippen molar-refractivity contribution in [1.82, 2.24) is 4.31 Å². The van der Waals surface area contributed by atoms with E-state index >= 15 is 0 Å². The van der Waals surface area contributed by atoms with E-state index < -0.39 is 10.0 Å². The standard InChI is InChI=1S/C10H12BrNO4S2/c1-16-9(13)7-2-4-12(6-7)18(14,15)10-8(11)3-5-17-10/h3,5,7H,2,4,6H2,1H3. The van der Waals surface area contributed by atoms with Crippen molar-refractivity contribution in [3.63, 3.8) is 0 Å². The Balaban J connectivity index is 2.19. The number of hydrogen-bond donors (Lipinski definition) is 0. The zero-order chi connectivity index (χ0) is 13.3. The lowest BCUT2D eigenvalue weighted by Gasteiger charge is -2.15. The number of sulfonamides is 1. The van der Waals surface area contributed by atoms with Gasteiger partial charge < -0.3 is 4.74 Å². The van der Waals surface area contributed by atoms with Gasteiger partial charge in [-0.2, -0.15) is 4.31 Å². The van der Waals surface area contributed by atoms with Gasteiger partial charge in [0.05, 0.1) is 13.0 Å². The lowest BCUT2D eigenvalue weighted by molar-refractivity contribution is -0.144. The van der Waals surface area contributed by atoms with Gasteiger partial charge in [-0.3, -0.25) is 4.79 Å². The smallest absolute Gasteiger partial charge is 0.310 e. The van der Waals surface area contributed by atoms with Crippen molar-refractivity contribution < 1.29 is 17.9 Å². The van der Waals surface area contributed by atoms with E-state index in [0.717, 1.165) is 0 Å². The van der Waals surface area contributed by atoms with E-state index in [1.54, 1.807) is 11.4 Å². The van der Waals surface area contributed by atoms with Crippen LogP contribution in [-0.4, -0.2) is 38.9 Å². The number of nitrogens with zero attached hydrogens (tertiary/aromatic N) is 1. The first kappa shape index (κ1) is 14.0. The summed E-state index contributed by atoms with van der Waals surface area (Å²) in [6.45, 7) is 0.547. The Morgan fingerprint density at radius 2 is 2.33 bits per heavy atom. The Hall–Kier alpha value is -0.440. The molecular weight excluding hydrogens is 342 g/mol. The van der Waals surface area contributed by atoms with Gasteiger partial charge in [0.2, 0.25) is 0 Å². The molecule has 1 saturated heterocycles. The van der Waals surface area contributed by atoms with E-state index in [0.29, 0.717) is 17.4 Å². The molecule has 1 aromatic rings. The van der Waals surface area contributed by atoms with Gasteiger partial charge in [0.25, 0.3) is 10.0 Å². The van der Waals surface area contributed by atoms with Crippen LogP contribution in [0.15, 0.2) is 20.1 Å². The Morgan fingerprint density at radius 3 is 2.89 bits per heavy atom. The Labute approximate surface area is 118 Å². The van der Waals surface area contributed by atoms with Crippen molar-refractivity contribution in [2.45, 2.75) is 10.6 Å². The maximum Gasteiger partial charge on any atom is 0.310 e. The van der Waals surface area contributed by atoms with Crippen molar-refractivity contribution in [3.05, 3.63) is 15.9 Å². The number of methoxy groups -OCH3 is 1. The highest BCUT2D eigenvalue weighted by atomic mass is 79.9. The maximum absolute atomic E-state index is 12.3. The number of thiophene rings is 1. The fourth-order valence-electron chi connectivity index (χ4n) is 1.89. The number of esters is 1. The Morgan fingerprint density at radius 1 is 1.61 bits per heavy atom. The predicted molar refractivity (Wildman–Crippen MR) is 70.9 cm³/mol. The largest absolute Gasteiger partial charge is 0.469 e. The van der Waals surface area contributed by atoms with Crippen LogP contribution >= 0.6 is 27.3 Å². The quantitative estimate of drug-likeness (QED) is 0.775. The topological polar surface area (TPSA) is 63.7 Å². The minimum absolute atomic E-state index is 0.194. The summed E-state index contributed by atoms with van der Waals surface area (Å²) in [6.07, 6.45) is 0.509. The second kappa shape index (κ2) is 5.28. The lowest BCUT2D eigenvalue weighted by Crippen LogP contribution is -2.30. The highest BCUT2D eigenvalue weighted by Gasteiger charge is 2.37. The molecule has 1 atom stereocenters. The van der Waals surface area contributed by atoms with Crippen LogP contribution in [0.2, 0.25) is 0 Å². The molecule has 0 N–H and O–H groups in total. The van der Waals surface area contributed by atoms with Crippen LogP contribution in [-0.2, 0) is 19.6 Å². The molecule has 1 aliphatic rings. The second-order valence-electron chi connectivity index (χ2n) is 3.93. The number of carbonyl (C=O) groups excluding carboxylic acids is 1. The third-order valence-electron chi connectivity index (χ3n) is 2.84. The fourth-order valence-corrected chi connectivity index (χ4v) is 5.84. The number of ether oxygens (including phenoxy) is 1. The zero-order valence-electron chi connectivity index (χ0n) is 9.63. The average molecular weight is 354 g/mol. The molecule has 1 aliphatic heterocycles. The molecule has 0 saturated carbocycles. The van der Waals surface area contributed by atoms with Gasteiger partial charge in [0.15, 0.2) is 0 Å². The zero-order valence-corrected chi connectivity index (χ0v) is 12.8. The van der Waals surface area contributed by atoms with Gasteiger partial charge in [-0.05, 0) is 33.8 Å². The summed E-state index contributed by atoms with van der Waals surface area (Å²) < 4.78 is 31.5. The third kappa shape index (κ3) is 2.47. The average Bonchev–Trinajstić information content (AvgIpc) is 2.96. The molecule has 18 heavy (non-hydrogen) atoms. The van der Waals surface area contributed by atoms with Crippen LogP contribution in [0.1, 0.15) is 6.42 Å². The van der Waals surface area contributed by atoms with Crippen LogP contribution < -0.4 is 0 Å². The highest BCUT2D eigenvalue weighted by molar-refractivity contribution is 9.10. The number of carbonyl (C=O) groups is 1. The molecule has 5 nitrogen and oxygen atoms in total. The van der Waals surface area contributed by atoms with E-state index in [2.05, 4.69) is 20.7 Å². The maximum atomic E-state index is 12.3. The van der Waals surface area contributed by atoms with Gasteiger partial charge in [-0.25, -0.2) is 8.42 Å². The van der Waals surface area contributed by atoms with Gasteiger partial charge >= 0.3 is 5.97 Å². The monoisotopic (exact) mass is 353 g/mol. The summed E-state index contributed by atoms with van der Waals surface area (Å²) in [5, 5.41) is 1.71. The first-order chi connectivity index (χ1) is 8.46. The molecule has 2 heterocycles. The molecule has 1 unspecified atom stereocenters. The predicted octanol–water partition coefficient (Wildman–Crippen LogP) is 1.69. The van der Waals surface area contributed by atoms with Crippen LogP contribution in [0.25, 0.3) is 0 Å². The van der Waals surface area contributed by atoms with E-state index in [4.69, 9.17) is 0 Å². The molecule has 0 aromatic carbocycles. The first-order valence-corrected chi connectivity index (χ1v) is 8.39. The van der Waals surface area contributed by atoms with E-state index in [1.807, 2.05) is 0 Å². The highest BCUT2D eigenvalue weighted by Crippen LogP contribution is 2.33. The summed E-state index contributed by atoms with van der Waals surface area (Å²) in [5.41, 5.74) is 0. The molecular formula is C10H12BrNO4S2.